The Morgan fingerprint density at radius 1 is 1.07 bits per heavy atom. The molecule has 216 valence electrons. The van der Waals surface area contributed by atoms with Crippen molar-refractivity contribution in [2.75, 3.05) is 17.3 Å². The summed E-state index contributed by atoms with van der Waals surface area (Å²) in [7, 11) is 1.38. The zero-order valence-corrected chi connectivity index (χ0v) is 25.6. The van der Waals surface area contributed by atoms with Crippen LogP contribution in [-0.2, 0) is 9.53 Å². The molecule has 10 heteroatoms. The lowest BCUT2D eigenvalue weighted by molar-refractivity contribution is -0.118. The van der Waals surface area contributed by atoms with Crippen LogP contribution < -0.4 is 15.5 Å². The molecule has 3 heterocycles. The van der Waals surface area contributed by atoms with E-state index in [0.29, 0.717) is 21.4 Å². The molecule has 8 nitrogen and oxygen atoms in total. The van der Waals surface area contributed by atoms with Gasteiger partial charge in [0, 0.05) is 29.2 Å². The molecule has 0 saturated carbocycles. The highest BCUT2D eigenvalue weighted by Crippen LogP contribution is 2.45. The number of halogens is 1. The van der Waals surface area contributed by atoms with E-state index in [9.17, 15) is 9.59 Å². The Morgan fingerprint density at radius 2 is 1.81 bits per heavy atom. The SMILES string of the molecule is COC(=O)c1ccccc1-n1c(C)cc([C@@H]2[C@@H](c3ccccn3)NC(=S)N2c2ccc(NC(=O)C(C)C)c(Cl)c2)c1C. The fourth-order valence-electron chi connectivity index (χ4n) is 5.39. The summed E-state index contributed by atoms with van der Waals surface area (Å²) in [5.41, 5.74) is 6.23. The molecule has 0 radical (unpaired) electrons. The summed E-state index contributed by atoms with van der Waals surface area (Å²) in [4.78, 5) is 31.7. The fourth-order valence-corrected chi connectivity index (χ4v) is 5.96. The van der Waals surface area contributed by atoms with Crippen LogP contribution in [0.5, 0.6) is 0 Å². The predicted molar refractivity (Wildman–Crippen MR) is 169 cm³/mol. The molecule has 0 bridgehead atoms. The van der Waals surface area contributed by atoms with Crippen LogP contribution in [-0.4, -0.2) is 33.6 Å². The fraction of sp³-hybridized carbons (Fsp3) is 0.250. The van der Waals surface area contributed by atoms with E-state index in [0.717, 1.165) is 34.0 Å². The third-order valence-corrected chi connectivity index (χ3v) is 8.08. The van der Waals surface area contributed by atoms with Gasteiger partial charge < -0.3 is 24.8 Å². The number of thiocarbonyl (C=S) groups is 1. The van der Waals surface area contributed by atoms with Crippen molar-refractivity contribution < 1.29 is 14.3 Å². The zero-order valence-electron chi connectivity index (χ0n) is 24.0. The second kappa shape index (κ2) is 12.0. The van der Waals surface area contributed by atoms with E-state index < -0.39 is 5.97 Å². The summed E-state index contributed by atoms with van der Waals surface area (Å²) in [5.74, 6) is -0.703. The quantitative estimate of drug-likeness (QED) is 0.180. The smallest absolute Gasteiger partial charge is 0.339 e. The number of hydrogen-bond acceptors (Lipinski definition) is 5. The minimum absolute atomic E-state index is 0.115. The van der Waals surface area contributed by atoms with Crippen LogP contribution in [0.1, 0.15) is 58.9 Å². The van der Waals surface area contributed by atoms with E-state index in [1.54, 1.807) is 18.3 Å². The maximum atomic E-state index is 12.7. The van der Waals surface area contributed by atoms with Gasteiger partial charge >= 0.3 is 5.97 Å². The van der Waals surface area contributed by atoms with E-state index in [-0.39, 0.29) is 23.9 Å². The molecule has 1 fully saturated rings. The second-order valence-corrected chi connectivity index (χ2v) is 11.3. The van der Waals surface area contributed by atoms with Gasteiger partial charge in [-0.3, -0.25) is 9.78 Å². The average molecular weight is 602 g/mol. The first kappa shape index (κ1) is 29.3. The highest BCUT2D eigenvalue weighted by Gasteiger charge is 2.42. The average Bonchev–Trinajstić information content (AvgIpc) is 3.48. The number of benzene rings is 2. The number of aryl methyl sites for hydroxylation is 1. The molecule has 0 aliphatic carbocycles. The van der Waals surface area contributed by atoms with Gasteiger partial charge in [-0.05, 0) is 80.2 Å². The van der Waals surface area contributed by atoms with Crippen LogP contribution in [0, 0.1) is 19.8 Å². The maximum absolute atomic E-state index is 12.7. The van der Waals surface area contributed by atoms with Gasteiger partial charge in [0.1, 0.15) is 0 Å². The van der Waals surface area contributed by atoms with Crippen molar-refractivity contribution in [1.29, 1.82) is 0 Å². The highest BCUT2D eigenvalue weighted by atomic mass is 35.5. The predicted octanol–water partition coefficient (Wildman–Crippen LogP) is 6.70. The molecular weight excluding hydrogens is 570 g/mol. The number of carbonyl (C=O) groups excluding carboxylic acids is 2. The lowest BCUT2D eigenvalue weighted by Gasteiger charge is -2.28. The number of ether oxygens (including phenoxy) is 1. The molecular formula is C32H32ClN5O3S. The number of nitrogens with one attached hydrogen (secondary N) is 2. The van der Waals surface area contributed by atoms with Gasteiger partial charge in [0.25, 0.3) is 0 Å². The summed E-state index contributed by atoms with van der Waals surface area (Å²) in [5, 5.41) is 7.29. The van der Waals surface area contributed by atoms with E-state index >= 15 is 0 Å². The van der Waals surface area contributed by atoms with Crippen LogP contribution in [0.4, 0.5) is 11.4 Å². The van der Waals surface area contributed by atoms with Gasteiger partial charge in [-0.2, -0.15) is 0 Å². The number of esters is 1. The van der Waals surface area contributed by atoms with Gasteiger partial charge in [0.05, 0.1) is 46.8 Å². The summed E-state index contributed by atoms with van der Waals surface area (Å²) in [6, 6.07) is 20.2. The molecule has 2 atom stereocenters. The number of rotatable bonds is 7. The van der Waals surface area contributed by atoms with Crippen molar-refractivity contribution in [3.05, 3.63) is 106 Å². The molecule has 1 amide bonds. The molecule has 0 spiro atoms. The van der Waals surface area contributed by atoms with Crippen molar-refractivity contribution in [1.82, 2.24) is 14.9 Å². The third kappa shape index (κ3) is 5.37. The molecule has 5 rings (SSSR count). The monoisotopic (exact) mass is 601 g/mol. The summed E-state index contributed by atoms with van der Waals surface area (Å²) in [6.45, 7) is 7.69. The molecule has 4 aromatic rings. The summed E-state index contributed by atoms with van der Waals surface area (Å²) < 4.78 is 7.14. The lowest BCUT2D eigenvalue weighted by Crippen LogP contribution is -2.29. The van der Waals surface area contributed by atoms with Gasteiger partial charge in [0.2, 0.25) is 5.91 Å². The van der Waals surface area contributed by atoms with Crippen LogP contribution >= 0.6 is 23.8 Å². The molecule has 1 aliphatic rings. The lowest BCUT2D eigenvalue weighted by atomic mass is 9.96. The van der Waals surface area contributed by atoms with Crippen molar-refractivity contribution in [3.63, 3.8) is 0 Å². The number of carbonyl (C=O) groups is 2. The van der Waals surface area contributed by atoms with Crippen LogP contribution in [0.25, 0.3) is 5.69 Å². The molecule has 2 aromatic heterocycles. The Labute approximate surface area is 255 Å². The topological polar surface area (TPSA) is 88.5 Å². The molecule has 42 heavy (non-hydrogen) atoms. The highest BCUT2D eigenvalue weighted by molar-refractivity contribution is 7.80. The first-order chi connectivity index (χ1) is 20.1. The zero-order chi connectivity index (χ0) is 30.1. The first-order valence-corrected chi connectivity index (χ1v) is 14.4. The summed E-state index contributed by atoms with van der Waals surface area (Å²) in [6.07, 6.45) is 1.76. The minimum Gasteiger partial charge on any atom is -0.465 e. The van der Waals surface area contributed by atoms with Crippen LogP contribution in [0.2, 0.25) is 5.02 Å². The Kier molecular flexibility index (Phi) is 8.34. The number of nitrogens with zero attached hydrogens (tertiary/aromatic N) is 3. The first-order valence-electron chi connectivity index (χ1n) is 13.6. The number of anilines is 2. The van der Waals surface area contributed by atoms with Crippen molar-refractivity contribution in [3.8, 4) is 5.69 Å². The Morgan fingerprint density at radius 3 is 2.48 bits per heavy atom. The van der Waals surface area contributed by atoms with Gasteiger partial charge in [-0.25, -0.2) is 4.79 Å². The number of pyridine rings is 1. The Hall–Kier alpha value is -4.21. The van der Waals surface area contributed by atoms with Gasteiger partial charge in [0.15, 0.2) is 5.11 Å². The summed E-state index contributed by atoms with van der Waals surface area (Å²) >= 11 is 12.6. The van der Waals surface area contributed by atoms with E-state index in [1.165, 1.54) is 7.11 Å². The molecule has 2 N–H and O–H groups in total. The van der Waals surface area contributed by atoms with Gasteiger partial charge in [-0.1, -0.05) is 43.6 Å². The number of para-hydroxylation sites is 1. The van der Waals surface area contributed by atoms with E-state index in [2.05, 4.69) is 26.3 Å². The third-order valence-electron chi connectivity index (χ3n) is 7.45. The van der Waals surface area contributed by atoms with Crippen molar-refractivity contribution in [2.45, 2.75) is 39.8 Å². The Balaban J connectivity index is 1.64. The number of methoxy groups -OCH3 is 1. The Bertz CT molecular complexity index is 1670. The van der Waals surface area contributed by atoms with Crippen molar-refractivity contribution in [2.24, 2.45) is 5.92 Å². The second-order valence-electron chi connectivity index (χ2n) is 10.5. The van der Waals surface area contributed by atoms with Gasteiger partial charge in [-0.15, -0.1) is 0 Å². The number of hydrogen-bond donors (Lipinski definition) is 2. The maximum Gasteiger partial charge on any atom is 0.339 e. The van der Waals surface area contributed by atoms with Crippen molar-refractivity contribution >= 4 is 52.2 Å². The number of amides is 1. The van der Waals surface area contributed by atoms with Crippen LogP contribution in [0.15, 0.2) is 72.9 Å². The molecule has 1 aliphatic heterocycles. The normalized spacial score (nSPS) is 16.5. The standard InChI is InChI=1S/C32H32ClN5O3S/c1-18(2)30(39)35-25-14-13-21(17-24(25)33)38-29(28(36-32(38)42)26-11-8-9-15-34-26)23-16-19(3)37(20(23)4)27-12-7-6-10-22(27)31(40)41-5/h6-18,28-29H,1-5H3,(H,35,39)(H,36,42)/t28-,29-/m1/s1. The minimum atomic E-state index is -0.407. The van der Waals surface area contributed by atoms with E-state index in [4.69, 9.17) is 28.6 Å². The number of aromatic nitrogens is 2. The molecule has 1 saturated heterocycles. The molecule has 0 unspecified atom stereocenters. The van der Waals surface area contributed by atoms with E-state index in [1.807, 2.05) is 81.1 Å². The van der Waals surface area contributed by atoms with Crippen LogP contribution in [0.3, 0.4) is 0 Å². The molecule has 2 aromatic carbocycles. The largest absolute Gasteiger partial charge is 0.465 e.